The number of nitrogens with one attached hydrogen (secondary N) is 1. The van der Waals surface area contributed by atoms with Gasteiger partial charge in [0, 0.05) is 19.1 Å². The van der Waals surface area contributed by atoms with Gasteiger partial charge < -0.3 is 10.2 Å². The van der Waals surface area contributed by atoms with Gasteiger partial charge in [0.1, 0.15) is 0 Å². The minimum absolute atomic E-state index is 0.362. The molecular weight excluding hydrogens is 172 g/mol. The highest BCUT2D eigenvalue weighted by molar-refractivity contribution is 4.84. The molecule has 1 aliphatic heterocycles. The molecule has 0 aromatic heterocycles. The molecule has 1 heterocycles. The first-order valence-electron chi connectivity index (χ1n) is 5.83. The summed E-state index contributed by atoms with van der Waals surface area (Å²) in [6.07, 6.45) is 1.38. The highest BCUT2D eigenvalue weighted by Crippen LogP contribution is 2.22. The van der Waals surface area contributed by atoms with Crippen LogP contribution in [0, 0.1) is 11.3 Å². The predicted octanol–water partition coefficient (Wildman–Crippen LogP) is 1.96. The van der Waals surface area contributed by atoms with E-state index in [4.69, 9.17) is 0 Å². The van der Waals surface area contributed by atoms with E-state index in [0.29, 0.717) is 11.5 Å². The van der Waals surface area contributed by atoms with Crippen molar-refractivity contribution in [1.29, 1.82) is 0 Å². The summed E-state index contributed by atoms with van der Waals surface area (Å²) in [6.45, 7) is 13.1. The third-order valence-electron chi connectivity index (χ3n) is 3.34. The van der Waals surface area contributed by atoms with Gasteiger partial charge in [0.25, 0.3) is 0 Å². The van der Waals surface area contributed by atoms with Crippen molar-refractivity contribution in [3.05, 3.63) is 0 Å². The van der Waals surface area contributed by atoms with Gasteiger partial charge in [-0.1, -0.05) is 27.7 Å². The molecule has 1 rings (SSSR count). The Balaban J connectivity index is 2.41. The average molecular weight is 198 g/mol. The lowest BCUT2D eigenvalue weighted by Gasteiger charge is -2.33. The zero-order valence-electron chi connectivity index (χ0n) is 10.4. The van der Waals surface area contributed by atoms with Crippen LogP contribution < -0.4 is 5.32 Å². The zero-order chi connectivity index (χ0) is 10.8. The number of nitrogens with zero attached hydrogens (tertiary/aromatic N) is 1. The number of likely N-dealkylation sites (tertiary alicyclic amines) is 1. The smallest absolute Gasteiger partial charge is 0.0240 e. The monoisotopic (exact) mass is 198 g/mol. The molecular formula is C12H26N2. The number of likely N-dealkylation sites (N-methyl/N-ethyl adjacent to an activating group) is 1. The van der Waals surface area contributed by atoms with E-state index in [0.717, 1.165) is 5.92 Å². The first-order chi connectivity index (χ1) is 6.43. The van der Waals surface area contributed by atoms with Gasteiger partial charge >= 0.3 is 0 Å². The van der Waals surface area contributed by atoms with Gasteiger partial charge in [-0.05, 0) is 31.3 Å². The second-order valence-corrected chi connectivity index (χ2v) is 5.86. The molecule has 1 saturated heterocycles. The van der Waals surface area contributed by atoms with Crippen LogP contribution in [0.3, 0.4) is 0 Å². The molecule has 0 saturated carbocycles. The number of hydrogen-bond donors (Lipinski definition) is 1. The van der Waals surface area contributed by atoms with Gasteiger partial charge in [-0.3, -0.25) is 0 Å². The van der Waals surface area contributed by atoms with Crippen LogP contribution in [0.25, 0.3) is 0 Å². The van der Waals surface area contributed by atoms with Crippen molar-refractivity contribution in [3.8, 4) is 0 Å². The fraction of sp³-hybridized carbons (Fsp3) is 1.00. The third kappa shape index (κ3) is 3.25. The Kier molecular flexibility index (Phi) is 3.96. The van der Waals surface area contributed by atoms with Crippen LogP contribution in [0.2, 0.25) is 0 Å². The fourth-order valence-corrected chi connectivity index (χ4v) is 2.25. The van der Waals surface area contributed by atoms with Gasteiger partial charge in [-0.15, -0.1) is 0 Å². The summed E-state index contributed by atoms with van der Waals surface area (Å²) in [5.74, 6) is 0.896. The lowest BCUT2D eigenvalue weighted by atomic mass is 9.86. The summed E-state index contributed by atoms with van der Waals surface area (Å²) in [7, 11) is 2.08. The minimum Gasteiger partial charge on any atom is -0.315 e. The maximum atomic E-state index is 3.44. The van der Waals surface area contributed by atoms with Crippen molar-refractivity contribution < 1.29 is 0 Å². The Bertz CT molecular complexity index is 172. The molecule has 84 valence electrons. The highest BCUT2D eigenvalue weighted by Gasteiger charge is 2.27. The van der Waals surface area contributed by atoms with E-state index in [-0.39, 0.29) is 0 Å². The summed E-state index contributed by atoms with van der Waals surface area (Å²) in [6, 6.07) is 0.604. The van der Waals surface area contributed by atoms with Crippen LogP contribution in [0.4, 0.5) is 0 Å². The van der Waals surface area contributed by atoms with Crippen LogP contribution in [0.5, 0.6) is 0 Å². The Morgan fingerprint density at radius 1 is 1.43 bits per heavy atom. The highest BCUT2D eigenvalue weighted by atomic mass is 15.2. The maximum absolute atomic E-state index is 3.44. The van der Waals surface area contributed by atoms with Crippen LogP contribution >= 0.6 is 0 Å². The third-order valence-corrected chi connectivity index (χ3v) is 3.34. The second-order valence-electron chi connectivity index (χ2n) is 5.86. The van der Waals surface area contributed by atoms with Crippen LogP contribution in [0.1, 0.15) is 34.1 Å². The van der Waals surface area contributed by atoms with Gasteiger partial charge in [0.05, 0.1) is 0 Å². The molecule has 2 atom stereocenters. The van der Waals surface area contributed by atoms with Crippen molar-refractivity contribution in [2.75, 3.05) is 26.7 Å². The van der Waals surface area contributed by atoms with Crippen LogP contribution in [-0.2, 0) is 0 Å². The molecule has 0 aromatic rings. The lowest BCUT2D eigenvalue weighted by Crippen LogP contribution is -2.46. The minimum atomic E-state index is 0.362. The van der Waals surface area contributed by atoms with E-state index in [1.165, 1.54) is 26.1 Å². The molecule has 2 heteroatoms. The van der Waals surface area contributed by atoms with Gasteiger partial charge in [-0.25, -0.2) is 0 Å². The van der Waals surface area contributed by atoms with Gasteiger partial charge in [0.15, 0.2) is 0 Å². The van der Waals surface area contributed by atoms with Crippen LogP contribution in [-0.4, -0.2) is 37.6 Å². The molecule has 14 heavy (non-hydrogen) atoms. The quantitative estimate of drug-likeness (QED) is 0.746. The van der Waals surface area contributed by atoms with E-state index in [1.54, 1.807) is 0 Å². The molecule has 1 fully saturated rings. The summed E-state index contributed by atoms with van der Waals surface area (Å²) in [5.41, 5.74) is 0.362. The predicted molar refractivity (Wildman–Crippen MR) is 62.5 cm³/mol. The van der Waals surface area contributed by atoms with Crippen molar-refractivity contribution >= 4 is 0 Å². The normalized spacial score (nSPS) is 26.8. The molecule has 0 bridgehead atoms. The Morgan fingerprint density at radius 3 is 2.43 bits per heavy atom. The molecule has 0 amide bonds. The van der Waals surface area contributed by atoms with Gasteiger partial charge in [0.2, 0.25) is 0 Å². The van der Waals surface area contributed by atoms with E-state index >= 15 is 0 Å². The SMILES string of the molecule is CNC(CN1CCC(C)C1)C(C)(C)C. The Hall–Kier alpha value is -0.0800. The Labute approximate surface area is 89.1 Å². The van der Waals surface area contributed by atoms with Crippen molar-refractivity contribution in [1.82, 2.24) is 10.2 Å². The van der Waals surface area contributed by atoms with Crippen molar-refractivity contribution in [3.63, 3.8) is 0 Å². The molecule has 2 unspecified atom stereocenters. The molecule has 0 aromatic carbocycles. The lowest BCUT2D eigenvalue weighted by molar-refractivity contribution is 0.199. The standard InChI is InChI=1S/C12H26N2/c1-10-6-7-14(8-10)9-11(13-5)12(2,3)4/h10-11,13H,6-9H2,1-5H3. The van der Waals surface area contributed by atoms with E-state index in [2.05, 4.69) is 45.0 Å². The molecule has 1 aliphatic rings. The summed E-state index contributed by atoms with van der Waals surface area (Å²) in [5, 5.41) is 3.44. The summed E-state index contributed by atoms with van der Waals surface area (Å²) < 4.78 is 0. The number of rotatable bonds is 3. The molecule has 1 N–H and O–H groups in total. The number of hydrogen-bond acceptors (Lipinski definition) is 2. The topological polar surface area (TPSA) is 15.3 Å². The summed E-state index contributed by atoms with van der Waals surface area (Å²) in [4.78, 5) is 2.59. The van der Waals surface area contributed by atoms with Crippen LogP contribution in [0.15, 0.2) is 0 Å². The Morgan fingerprint density at radius 2 is 2.07 bits per heavy atom. The molecule has 0 spiro atoms. The van der Waals surface area contributed by atoms with Crippen molar-refractivity contribution in [2.24, 2.45) is 11.3 Å². The van der Waals surface area contributed by atoms with E-state index in [1.807, 2.05) is 0 Å². The summed E-state index contributed by atoms with van der Waals surface area (Å²) >= 11 is 0. The zero-order valence-corrected chi connectivity index (χ0v) is 10.4. The van der Waals surface area contributed by atoms with Crippen molar-refractivity contribution in [2.45, 2.75) is 40.2 Å². The first kappa shape index (κ1) is 12.0. The average Bonchev–Trinajstić information content (AvgIpc) is 2.45. The van der Waals surface area contributed by atoms with E-state index in [9.17, 15) is 0 Å². The van der Waals surface area contributed by atoms with Gasteiger partial charge in [-0.2, -0.15) is 0 Å². The molecule has 0 aliphatic carbocycles. The fourth-order valence-electron chi connectivity index (χ4n) is 2.25. The first-order valence-corrected chi connectivity index (χ1v) is 5.83. The molecule has 0 radical (unpaired) electrons. The van der Waals surface area contributed by atoms with E-state index < -0.39 is 0 Å². The maximum Gasteiger partial charge on any atom is 0.0240 e. The largest absolute Gasteiger partial charge is 0.315 e. The molecule has 2 nitrogen and oxygen atoms in total. The second kappa shape index (κ2) is 4.63.